The third-order valence-electron chi connectivity index (χ3n) is 6.06. The SMILES string of the molecule is CC(C)(C)C(=O)NC(Cc1ccc2ccccc2c1)C(=O)Nc1cn(C(C(=O)O)c2ccccc2)cn1. The van der Waals surface area contributed by atoms with Gasteiger partial charge in [-0.25, -0.2) is 9.78 Å². The highest BCUT2D eigenvalue weighted by Gasteiger charge is 2.29. The number of benzene rings is 3. The van der Waals surface area contributed by atoms with Crippen LogP contribution in [0.1, 0.15) is 37.9 Å². The summed E-state index contributed by atoms with van der Waals surface area (Å²) in [4.78, 5) is 42.3. The molecule has 1 heterocycles. The van der Waals surface area contributed by atoms with Crippen molar-refractivity contribution in [2.45, 2.75) is 39.3 Å². The Kier molecular flexibility index (Phi) is 7.38. The van der Waals surface area contributed by atoms with E-state index in [1.165, 1.54) is 17.1 Å². The van der Waals surface area contributed by atoms with E-state index in [0.29, 0.717) is 5.56 Å². The summed E-state index contributed by atoms with van der Waals surface area (Å²) in [7, 11) is 0. The maximum atomic E-state index is 13.3. The fraction of sp³-hybridized carbons (Fsp3) is 0.241. The Bertz CT molecular complexity index is 1420. The van der Waals surface area contributed by atoms with Crippen molar-refractivity contribution >= 4 is 34.4 Å². The van der Waals surface area contributed by atoms with Gasteiger partial charge in [0.15, 0.2) is 11.9 Å². The van der Waals surface area contributed by atoms with Gasteiger partial charge in [0, 0.05) is 18.0 Å². The third-order valence-corrected chi connectivity index (χ3v) is 6.06. The van der Waals surface area contributed by atoms with Gasteiger partial charge in [0.2, 0.25) is 11.8 Å². The Labute approximate surface area is 215 Å². The molecule has 3 N–H and O–H groups in total. The lowest BCUT2D eigenvalue weighted by molar-refractivity contribution is -0.139. The maximum Gasteiger partial charge on any atom is 0.331 e. The molecule has 2 amide bonds. The standard InChI is InChI=1S/C29H30N4O4/c1-29(2,3)28(37)31-23(16-19-13-14-20-9-7-8-12-22(20)15-19)26(34)32-24-17-33(18-30-24)25(27(35)36)21-10-5-4-6-11-21/h4-15,17-18,23,25H,16H2,1-3H3,(H,31,37)(H,32,34)(H,35,36). The number of amides is 2. The van der Waals surface area contributed by atoms with Crippen LogP contribution in [-0.4, -0.2) is 38.5 Å². The predicted octanol–water partition coefficient (Wildman–Crippen LogP) is 4.42. The molecule has 0 saturated heterocycles. The average Bonchev–Trinajstić information content (AvgIpc) is 3.31. The van der Waals surface area contributed by atoms with E-state index < -0.39 is 29.4 Å². The van der Waals surface area contributed by atoms with Crippen molar-refractivity contribution in [1.29, 1.82) is 0 Å². The van der Waals surface area contributed by atoms with E-state index in [1.807, 2.05) is 48.5 Å². The van der Waals surface area contributed by atoms with E-state index in [2.05, 4.69) is 15.6 Å². The molecule has 2 unspecified atom stereocenters. The van der Waals surface area contributed by atoms with E-state index in [-0.39, 0.29) is 18.1 Å². The molecular formula is C29H30N4O4. The van der Waals surface area contributed by atoms with Crippen LogP contribution in [0.4, 0.5) is 5.82 Å². The number of carboxylic acid groups (broad SMARTS) is 1. The number of anilines is 1. The van der Waals surface area contributed by atoms with Gasteiger partial charge in [0.25, 0.3) is 0 Å². The van der Waals surface area contributed by atoms with E-state index >= 15 is 0 Å². The molecule has 0 aliphatic carbocycles. The summed E-state index contributed by atoms with van der Waals surface area (Å²) in [6, 6.07) is 20.8. The molecule has 4 rings (SSSR count). The highest BCUT2D eigenvalue weighted by molar-refractivity contribution is 5.97. The first-order valence-electron chi connectivity index (χ1n) is 12.0. The van der Waals surface area contributed by atoms with Gasteiger partial charge in [-0.15, -0.1) is 0 Å². The lowest BCUT2D eigenvalue weighted by Crippen LogP contribution is -2.49. The van der Waals surface area contributed by atoms with Crippen LogP contribution in [0.5, 0.6) is 0 Å². The zero-order valence-corrected chi connectivity index (χ0v) is 21.0. The summed E-state index contributed by atoms with van der Waals surface area (Å²) in [5.41, 5.74) is 0.791. The van der Waals surface area contributed by atoms with Gasteiger partial charge in [-0.05, 0) is 21.9 Å². The molecule has 4 aromatic rings. The molecule has 0 radical (unpaired) electrons. The molecule has 190 valence electrons. The number of nitrogens with zero attached hydrogens (tertiary/aromatic N) is 2. The molecular weight excluding hydrogens is 468 g/mol. The third kappa shape index (κ3) is 6.22. The number of carboxylic acids is 1. The summed E-state index contributed by atoms with van der Waals surface area (Å²) < 4.78 is 1.43. The number of rotatable bonds is 8. The number of fused-ring (bicyclic) bond motifs is 1. The van der Waals surface area contributed by atoms with E-state index in [1.54, 1.807) is 45.0 Å². The van der Waals surface area contributed by atoms with Crippen LogP contribution >= 0.6 is 0 Å². The molecule has 8 heteroatoms. The monoisotopic (exact) mass is 498 g/mol. The van der Waals surface area contributed by atoms with Gasteiger partial charge >= 0.3 is 5.97 Å². The summed E-state index contributed by atoms with van der Waals surface area (Å²) in [5, 5.41) is 17.5. The van der Waals surface area contributed by atoms with Crippen molar-refractivity contribution in [3.05, 3.63) is 96.4 Å². The Morgan fingerprint density at radius 3 is 2.30 bits per heavy atom. The topological polar surface area (TPSA) is 113 Å². The first kappa shape index (κ1) is 25.6. The van der Waals surface area contributed by atoms with Crippen molar-refractivity contribution < 1.29 is 19.5 Å². The quantitative estimate of drug-likeness (QED) is 0.333. The Balaban J connectivity index is 1.56. The van der Waals surface area contributed by atoms with Crippen molar-refractivity contribution in [1.82, 2.24) is 14.9 Å². The molecule has 3 aromatic carbocycles. The second kappa shape index (κ2) is 10.7. The number of carbonyl (C=O) groups excluding carboxylic acids is 2. The minimum absolute atomic E-state index is 0.195. The molecule has 1 aromatic heterocycles. The zero-order chi connectivity index (χ0) is 26.6. The number of hydrogen-bond acceptors (Lipinski definition) is 4. The molecule has 37 heavy (non-hydrogen) atoms. The van der Waals surface area contributed by atoms with Crippen LogP contribution < -0.4 is 10.6 Å². The number of carbonyl (C=O) groups is 3. The molecule has 0 spiro atoms. The van der Waals surface area contributed by atoms with E-state index in [9.17, 15) is 19.5 Å². The minimum Gasteiger partial charge on any atom is -0.479 e. The van der Waals surface area contributed by atoms with E-state index in [4.69, 9.17) is 0 Å². The van der Waals surface area contributed by atoms with Crippen LogP contribution in [0.2, 0.25) is 0 Å². The molecule has 0 aliphatic rings. The smallest absolute Gasteiger partial charge is 0.331 e. The van der Waals surface area contributed by atoms with Gasteiger partial charge in [-0.2, -0.15) is 0 Å². The summed E-state index contributed by atoms with van der Waals surface area (Å²) in [6.45, 7) is 5.35. The van der Waals surface area contributed by atoms with Gasteiger partial charge in [0.05, 0.1) is 6.33 Å². The average molecular weight is 499 g/mol. The summed E-state index contributed by atoms with van der Waals surface area (Å²) in [6.07, 6.45) is 3.12. The molecule has 8 nitrogen and oxygen atoms in total. The fourth-order valence-electron chi connectivity index (χ4n) is 4.02. The van der Waals surface area contributed by atoms with Gasteiger partial charge in [0.1, 0.15) is 6.04 Å². The lowest BCUT2D eigenvalue weighted by atomic mass is 9.94. The first-order chi connectivity index (χ1) is 17.6. The fourth-order valence-corrected chi connectivity index (χ4v) is 4.02. The van der Waals surface area contributed by atoms with Crippen molar-refractivity contribution in [3.63, 3.8) is 0 Å². The number of aliphatic carboxylic acids is 1. The normalized spacial score (nSPS) is 13.1. The minimum atomic E-state index is -1.05. The van der Waals surface area contributed by atoms with Crippen LogP contribution in [0.3, 0.4) is 0 Å². The highest BCUT2D eigenvalue weighted by Crippen LogP contribution is 2.21. The van der Waals surface area contributed by atoms with Gasteiger partial charge in [-0.3, -0.25) is 9.59 Å². The first-order valence-corrected chi connectivity index (χ1v) is 12.0. The molecule has 2 atom stereocenters. The van der Waals surface area contributed by atoms with Crippen LogP contribution in [0, 0.1) is 5.41 Å². The lowest BCUT2D eigenvalue weighted by Gasteiger charge is -2.24. The van der Waals surface area contributed by atoms with Crippen molar-refractivity contribution in [2.24, 2.45) is 5.41 Å². The number of aromatic nitrogens is 2. The van der Waals surface area contributed by atoms with Crippen LogP contribution in [0.25, 0.3) is 10.8 Å². The van der Waals surface area contributed by atoms with Crippen LogP contribution in [0.15, 0.2) is 85.3 Å². The number of hydrogen-bond donors (Lipinski definition) is 3. The molecule has 0 saturated carbocycles. The van der Waals surface area contributed by atoms with E-state index in [0.717, 1.165) is 16.3 Å². The number of nitrogens with one attached hydrogen (secondary N) is 2. The number of imidazole rings is 1. The summed E-state index contributed by atoms with van der Waals surface area (Å²) >= 11 is 0. The summed E-state index contributed by atoms with van der Waals surface area (Å²) in [5.74, 6) is -1.55. The maximum absolute atomic E-state index is 13.3. The van der Waals surface area contributed by atoms with Crippen LogP contribution in [-0.2, 0) is 20.8 Å². The van der Waals surface area contributed by atoms with Gasteiger partial charge < -0.3 is 20.3 Å². The van der Waals surface area contributed by atoms with Crippen molar-refractivity contribution in [3.8, 4) is 0 Å². The largest absolute Gasteiger partial charge is 0.479 e. The Morgan fingerprint density at radius 1 is 0.946 bits per heavy atom. The molecule has 0 bridgehead atoms. The zero-order valence-electron chi connectivity index (χ0n) is 21.0. The molecule has 0 aliphatic heterocycles. The second-order valence-electron chi connectivity index (χ2n) is 10.0. The Morgan fingerprint density at radius 2 is 1.62 bits per heavy atom. The van der Waals surface area contributed by atoms with Crippen molar-refractivity contribution in [2.75, 3.05) is 5.32 Å². The molecule has 0 fully saturated rings. The highest BCUT2D eigenvalue weighted by atomic mass is 16.4. The Hall–Kier alpha value is -4.46. The van der Waals surface area contributed by atoms with Gasteiger partial charge in [-0.1, -0.05) is 93.6 Å². The second-order valence-corrected chi connectivity index (χ2v) is 10.0. The predicted molar refractivity (Wildman–Crippen MR) is 142 cm³/mol.